The Labute approximate surface area is 133 Å². The van der Waals surface area contributed by atoms with Gasteiger partial charge in [-0.3, -0.25) is 0 Å². The van der Waals surface area contributed by atoms with Gasteiger partial charge < -0.3 is 15.8 Å². The molecule has 1 saturated carbocycles. The molecule has 0 saturated heterocycles. The molecule has 0 amide bonds. The van der Waals surface area contributed by atoms with Crippen LogP contribution >= 0.6 is 0 Å². The minimum Gasteiger partial charge on any atom is -0.475 e. The summed E-state index contributed by atoms with van der Waals surface area (Å²) in [6.45, 7) is 4.51. The summed E-state index contributed by atoms with van der Waals surface area (Å²) < 4.78 is 5.52. The van der Waals surface area contributed by atoms with E-state index < -0.39 is 0 Å². The SMILES string of the molecule is CC(C)Oc1ccc(CN=C(N)NC2CCCCCC2)cn1. The van der Waals surface area contributed by atoms with E-state index in [4.69, 9.17) is 10.5 Å². The van der Waals surface area contributed by atoms with Crippen molar-refractivity contribution in [2.45, 2.75) is 71.1 Å². The Balaban J connectivity index is 1.81. The van der Waals surface area contributed by atoms with E-state index in [2.05, 4.69) is 15.3 Å². The summed E-state index contributed by atoms with van der Waals surface area (Å²) in [5, 5.41) is 3.35. The summed E-state index contributed by atoms with van der Waals surface area (Å²) in [6, 6.07) is 4.33. The first-order valence-electron chi connectivity index (χ1n) is 8.31. The van der Waals surface area contributed by atoms with Gasteiger partial charge in [-0.25, -0.2) is 9.98 Å². The Hall–Kier alpha value is -1.78. The Bertz CT molecular complexity index is 462. The highest BCUT2D eigenvalue weighted by Gasteiger charge is 2.12. The van der Waals surface area contributed by atoms with Crippen molar-refractivity contribution in [1.29, 1.82) is 0 Å². The molecule has 1 aliphatic rings. The number of hydrogen-bond donors (Lipinski definition) is 2. The fourth-order valence-electron chi connectivity index (χ4n) is 2.67. The molecule has 3 N–H and O–H groups in total. The molecule has 1 heterocycles. The smallest absolute Gasteiger partial charge is 0.213 e. The third-order valence-electron chi connectivity index (χ3n) is 3.79. The topological polar surface area (TPSA) is 72.5 Å². The average Bonchev–Trinajstić information content (AvgIpc) is 2.74. The Morgan fingerprint density at radius 1 is 1.32 bits per heavy atom. The highest BCUT2D eigenvalue weighted by Crippen LogP contribution is 2.17. The predicted molar refractivity (Wildman–Crippen MR) is 90.0 cm³/mol. The van der Waals surface area contributed by atoms with Crippen LogP contribution in [0.2, 0.25) is 0 Å². The molecule has 1 aromatic heterocycles. The Morgan fingerprint density at radius 2 is 2.05 bits per heavy atom. The summed E-state index contributed by atoms with van der Waals surface area (Å²) >= 11 is 0. The van der Waals surface area contributed by atoms with E-state index in [1.807, 2.05) is 26.0 Å². The van der Waals surface area contributed by atoms with Crippen molar-refractivity contribution in [3.05, 3.63) is 23.9 Å². The Morgan fingerprint density at radius 3 is 2.64 bits per heavy atom. The summed E-state index contributed by atoms with van der Waals surface area (Å²) in [5.74, 6) is 1.18. The second-order valence-electron chi connectivity index (χ2n) is 6.21. The quantitative estimate of drug-likeness (QED) is 0.498. The van der Waals surface area contributed by atoms with Crippen molar-refractivity contribution < 1.29 is 4.74 Å². The number of nitrogens with zero attached hydrogens (tertiary/aromatic N) is 2. The molecule has 0 aliphatic heterocycles. The van der Waals surface area contributed by atoms with Gasteiger partial charge >= 0.3 is 0 Å². The molecule has 122 valence electrons. The first kappa shape index (κ1) is 16.6. The number of pyridine rings is 1. The van der Waals surface area contributed by atoms with Gasteiger partial charge in [-0.1, -0.05) is 31.7 Å². The van der Waals surface area contributed by atoms with Gasteiger partial charge in [0.15, 0.2) is 5.96 Å². The lowest BCUT2D eigenvalue weighted by Gasteiger charge is -2.16. The second-order valence-corrected chi connectivity index (χ2v) is 6.21. The molecule has 1 aromatic rings. The first-order valence-corrected chi connectivity index (χ1v) is 8.31. The van der Waals surface area contributed by atoms with Crippen LogP contribution in [0.15, 0.2) is 23.3 Å². The molecule has 0 radical (unpaired) electrons. The van der Waals surface area contributed by atoms with Crippen LogP contribution in [-0.4, -0.2) is 23.1 Å². The van der Waals surface area contributed by atoms with Crippen LogP contribution in [0.5, 0.6) is 5.88 Å². The minimum atomic E-state index is 0.135. The van der Waals surface area contributed by atoms with Crippen LogP contribution < -0.4 is 15.8 Å². The minimum absolute atomic E-state index is 0.135. The summed E-state index contributed by atoms with van der Waals surface area (Å²) in [4.78, 5) is 8.68. The molecular formula is C17H28N4O. The first-order chi connectivity index (χ1) is 10.6. The monoisotopic (exact) mass is 304 g/mol. The maximum Gasteiger partial charge on any atom is 0.213 e. The fraction of sp³-hybridized carbons (Fsp3) is 0.647. The summed E-state index contributed by atoms with van der Waals surface area (Å²) in [7, 11) is 0. The number of nitrogens with one attached hydrogen (secondary N) is 1. The molecule has 0 unspecified atom stereocenters. The molecule has 0 aromatic carbocycles. The van der Waals surface area contributed by atoms with Crippen molar-refractivity contribution in [2.24, 2.45) is 10.7 Å². The predicted octanol–water partition coefficient (Wildman–Crippen LogP) is 3.00. The second kappa shape index (κ2) is 8.61. The maximum atomic E-state index is 5.99. The maximum absolute atomic E-state index is 5.99. The number of ether oxygens (including phenoxy) is 1. The van der Waals surface area contributed by atoms with E-state index in [1.165, 1.54) is 38.5 Å². The summed E-state index contributed by atoms with van der Waals surface area (Å²) in [5.41, 5.74) is 7.02. The van der Waals surface area contributed by atoms with Gasteiger partial charge in [0, 0.05) is 18.3 Å². The zero-order chi connectivity index (χ0) is 15.8. The van der Waals surface area contributed by atoms with Gasteiger partial charge in [0.1, 0.15) is 0 Å². The average molecular weight is 304 g/mol. The van der Waals surface area contributed by atoms with E-state index in [0.29, 0.717) is 24.4 Å². The molecule has 5 heteroatoms. The van der Waals surface area contributed by atoms with Crippen LogP contribution in [0.3, 0.4) is 0 Å². The van der Waals surface area contributed by atoms with Gasteiger partial charge in [-0.15, -0.1) is 0 Å². The lowest BCUT2D eigenvalue weighted by atomic mass is 10.1. The molecular weight excluding hydrogens is 276 g/mol. The molecule has 5 nitrogen and oxygen atoms in total. The molecule has 1 aliphatic carbocycles. The van der Waals surface area contributed by atoms with Gasteiger partial charge in [0.2, 0.25) is 5.88 Å². The number of aliphatic imine (C=N–C) groups is 1. The zero-order valence-electron chi connectivity index (χ0n) is 13.7. The highest BCUT2D eigenvalue weighted by molar-refractivity contribution is 5.78. The van der Waals surface area contributed by atoms with Gasteiger partial charge in [0.25, 0.3) is 0 Å². The lowest BCUT2D eigenvalue weighted by molar-refractivity contribution is 0.232. The van der Waals surface area contributed by atoms with Crippen LogP contribution in [0.4, 0.5) is 0 Å². The van der Waals surface area contributed by atoms with Crippen molar-refractivity contribution in [3.63, 3.8) is 0 Å². The molecule has 22 heavy (non-hydrogen) atoms. The van der Waals surface area contributed by atoms with Crippen LogP contribution in [0, 0.1) is 0 Å². The third kappa shape index (κ3) is 5.92. The molecule has 0 atom stereocenters. The Kier molecular flexibility index (Phi) is 6.49. The van der Waals surface area contributed by atoms with Crippen molar-refractivity contribution >= 4 is 5.96 Å². The number of guanidine groups is 1. The van der Waals surface area contributed by atoms with Gasteiger partial charge in [0.05, 0.1) is 12.6 Å². The standard InChI is InChI=1S/C17H28N4O/c1-13(2)22-16-10-9-14(11-19-16)12-20-17(18)21-15-7-5-3-4-6-8-15/h9-11,13,15H,3-8,12H2,1-2H3,(H3,18,20,21). The number of nitrogens with two attached hydrogens (primary N) is 1. The van der Waals surface area contributed by atoms with E-state index in [0.717, 1.165) is 5.56 Å². The zero-order valence-corrected chi connectivity index (χ0v) is 13.7. The normalized spacial score (nSPS) is 17.3. The van der Waals surface area contributed by atoms with E-state index >= 15 is 0 Å². The molecule has 1 fully saturated rings. The van der Waals surface area contributed by atoms with Crippen LogP contribution in [-0.2, 0) is 6.54 Å². The van der Waals surface area contributed by atoms with E-state index in [1.54, 1.807) is 6.20 Å². The molecule has 2 rings (SSSR count). The van der Waals surface area contributed by atoms with Crippen molar-refractivity contribution in [2.75, 3.05) is 0 Å². The number of aromatic nitrogens is 1. The van der Waals surface area contributed by atoms with Crippen molar-refractivity contribution in [3.8, 4) is 5.88 Å². The van der Waals surface area contributed by atoms with Gasteiger partial charge in [-0.05, 0) is 32.3 Å². The third-order valence-corrected chi connectivity index (χ3v) is 3.79. The number of hydrogen-bond acceptors (Lipinski definition) is 3. The van der Waals surface area contributed by atoms with Crippen LogP contribution in [0.25, 0.3) is 0 Å². The van der Waals surface area contributed by atoms with Crippen molar-refractivity contribution in [1.82, 2.24) is 10.3 Å². The van der Waals surface area contributed by atoms with E-state index in [9.17, 15) is 0 Å². The molecule has 0 spiro atoms. The fourth-order valence-corrected chi connectivity index (χ4v) is 2.67. The van der Waals surface area contributed by atoms with Crippen LogP contribution in [0.1, 0.15) is 57.9 Å². The largest absolute Gasteiger partial charge is 0.475 e. The lowest BCUT2D eigenvalue weighted by Crippen LogP contribution is -2.39. The highest BCUT2D eigenvalue weighted by atomic mass is 16.5. The number of rotatable bonds is 5. The molecule has 0 bridgehead atoms. The summed E-state index contributed by atoms with van der Waals surface area (Å²) in [6.07, 6.45) is 9.56. The van der Waals surface area contributed by atoms with E-state index in [-0.39, 0.29) is 6.10 Å². The van der Waals surface area contributed by atoms with Gasteiger partial charge in [-0.2, -0.15) is 0 Å².